The van der Waals surface area contributed by atoms with Crippen LogP contribution in [0, 0.1) is 0 Å². The van der Waals surface area contributed by atoms with Crippen molar-refractivity contribution in [3.8, 4) is 0 Å². The van der Waals surface area contributed by atoms with Crippen LogP contribution in [0.3, 0.4) is 0 Å². The first-order valence-corrected chi connectivity index (χ1v) is 11.3. The minimum Gasteiger partial charge on any atom is -0.0654 e. The highest BCUT2D eigenvalue weighted by Gasteiger charge is 2.10. The Morgan fingerprint density at radius 2 is 0.737 bits per heavy atom. The van der Waals surface area contributed by atoms with Crippen LogP contribution in [0.4, 0.5) is 0 Å². The van der Waals surface area contributed by atoms with E-state index in [1.807, 2.05) is 0 Å². The lowest BCUT2D eigenvalue weighted by molar-refractivity contribution is 0.672. The van der Waals surface area contributed by atoms with Crippen LogP contribution in [0.25, 0.3) is 0 Å². The predicted octanol–water partition coefficient (Wildman–Crippen LogP) is 7.22. The van der Waals surface area contributed by atoms with E-state index in [0.29, 0.717) is 0 Å². The standard InChI is InChI=1S/C18H39Si/c1-4-7-10-13-16-19(17-14-11-8-5-2)18-15-12-9-6-3/h4-18H2,1-3H3. The molecule has 1 heteroatoms. The van der Waals surface area contributed by atoms with E-state index < -0.39 is 0 Å². The number of unbranched alkanes of at least 4 members (excludes halogenated alkanes) is 9. The topological polar surface area (TPSA) is 0 Å². The molecule has 1 radical (unpaired) electrons. The van der Waals surface area contributed by atoms with Crippen LogP contribution in [0.1, 0.15) is 97.8 Å². The number of hydrogen-bond acceptors (Lipinski definition) is 0. The van der Waals surface area contributed by atoms with Crippen molar-refractivity contribution in [3.05, 3.63) is 0 Å². The number of rotatable bonds is 15. The molecule has 0 aliphatic carbocycles. The molecule has 0 aromatic heterocycles. The molecule has 0 N–H and O–H groups in total. The average Bonchev–Trinajstić information content (AvgIpc) is 2.43. The lowest BCUT2D eigenvalue weighted by atomic mass is 10.2. The van der Waals surface area contributed by atoms with Crippen LogP contribution in [-0.2, 0) is 0 Å². The maximum atomic E-state index is 2.32. The summed E-state index contributed by atoms with van der Waals surface area (Å²) in [7, 11) is 0.0139. The van der Waals surface area contributed by atoms with Crippen molar-refractivity contribution in [2.75, 3.05) is 0 Å². The van der Waals surface area contributed by atoms with E-state index in [1.54, 1.807) is 18.1 Å². The van der Waals surface area contributed by atoms with Crippen molar-refractivity contribution >= 4 is 8.80 Å². The van der Waals surface area contributed by atoms with E-state index in [0.717, 1.165) is 0 Å². The van der Waals surface area contributed by atoms with Crippen LogP contribution in [0.5, 0.6) is 0 Å². The van der Waals surface area contributed by atoms with Gasteiger partial charge in [-0.3, -0.25) is 0 Å². The Balaban J connectivity index is 3.66. The molecule has 0 aromatic carbocycles. The summed E-state index contributed by atoms with van der Waals surface area (Å²) in [5, 5.41) is 0. The van der Waals surface area contributed by atoms with Crippen LogP contribution in [-0.4, -0.2) is 8.80 Å². The zero-order valence-electron chi connectivity index (χ0n) is 14.1. The van der Waals surface area contributed by atoms with Gasteiger partial charge in [-0.15, -0.1) is 0 Å². The molecule has 0 rings (SSSR count). The second kappa shape index (κ2) is 16.3. The number of hydrogen-bond donors (Lipinski definition) is 0. The molecule has 0 fully saturated rings. The van der Waals surface area contributed by atoms with Crippen molar-refractivity contribution in [3.63, 3.8) is 0 Å². The zero-order chi connectivity index (χ0) is 14.2. The van der Waals surface area contributed by atoms with Gasteiger partial charge in [-0.05, 0) is 0 Å². The highest BCUT2D eigenvalue weighted by Crippen LogP contribution is 2.19. The van der Waals surface area contributed by atoms with Crippen LogP contribution in [0.2, 0.25) is 18.1 Å². The van der Waals surface area contributed by atoms with Gasteiger partial charge in [0.1, 0.15) is 0 Å². The molecule has 0 unspecified atom stereocenters. The van der Waals surface area contributed by atoms with Crippen molar-refractivity contribution in [1.82, 2.24) is 0 Å². The Morgan fingerprint density at radius 3 is 1.00 bits per heavy atom. The molecule has 0 amide bonds. The SMILES string of the molecule is CCCCCC[Si](CCCCCC)CCCCCC. The third-order valence-electron chi connectivity index (χ3n) is 4.15. The second-order valence-corrected chi connectivity index (χ2v) is 9.18. The molecule has 0 saturated heterocycles. The van der Waals surface area contributed by atoms with Crippen LogP contribution < -0.4 is 0 Å². The molecule has 0 atom stereocenters. The van der Waals surface area contributed by atoms with Crippen LogP contribution >= 0.6 is 0 Å². The summed E-state index contributed by atoms with van der Waals surface area (Å²) in [5.41, 5.74) is 0. The summed E-state index contributed by atoms with van der Waals surface area (Å²) >= 11 is 0. The van der Waals surface area contributed by atoms with E-state index in [9.17, 15) is 0 Å². The van der Waals surface area contributed by atoms with Gasteiger partial charge in [-0.2, -0.15) is 0 Å². The molecule has 0 nitrogen and oxygen atoms in total. The first-order chi connectivity index (χ1) is 9.35. The van der Waals surface area contributed by atoms with Gasteiger partial charge in [0.05, 0.1) is 0 Å². The normalized spacial score (nSPS) is 11.4. The van der Waals surface area contributed by atoms with Crippen molar-refractivity contribution < 1.29 is 0 Å². The van der Waals surface area contributed by atoms with Gasteiger partial charge in [0.2, 0.25) is 0 Å². The third kappa shape index (κ3) is 14.4. The van der Waals surface area contributed by atoms with E-state index in [2.05, 4.69) is 20.8 Å². The van der Waals surface area contributed by atoms with Crippen molar-refractivity contribution in [2.45, 2.75) is 116 Å². The fourth-order valence-corrected chi connectivity index (χ4v) is 5.78. The van der Waals surface area contributed by atoms with Crippen LogP contribution in [0.15, 0.2) is 0 Å². The van der Waals surface area contributed by atoms with Gasteiger partial charge < -0.3 is 0 Å². The molecular weight excluding hydrogens is 244 g/mol. The fourth-order valence-electron chi connectivity index (χ4n) is 2.78. The minimum absolute atomic E-state index is 0.0139. The fraction of sp³-hybridized carbons (Fsp3) is 1.00. The van der Waals surface area contributed by atoms with Gasteiger partial charge >= 0.3 is 0 Å². The summed E-state index contributed by atoms with van der Waals surface area (Å²) in [6.45, 7) is 6.96. The molecule has 0 saturated carbocycles. The van der Waals surface area contributed by atoms with Crippen molar-refractivity contribution in [1.29, 1.82) is 0 Å². The van der Waals surface area contributed by atoms with Gasteiger partial charge in [-0.1, -0.05) is 116 Å². The maximum Gasteiger partial charge on any atom is 0.0479 e. The average molecular weight is 284 g/mol. The Kier molecular flexibility index (Phi) is 16.5. The highest BCUT2D eigenvalue weighted by molar-refractivity contribution is 6.58. The smallest absolute Gasteiger partial charge is 0.0479 e. The molecular formula is C18H39Si. The quantitative estimate of drug-likeness (QED) is 0.220. The molecule has 115 valence electrons. The largest absolute Gasteiger partial charge is 0.0654 e. The maximum absolute atomic E-state index is 2.32. The molecule has 0 aromatic rings. The molecule has 0 aliphatic heterocycles. The van der Waals surface area contributed by atoms with E-state index in [1.165, 1.54) is 77.0 Å². The van der Waals surface area contributed by atoms with E-state index in [-0.39, 0.29) is 8.80 Å². The van der Waals surface area contributed by atoms with Gasteiger partial charge in [-0.25, -0.2) is 0 Å². The first kappa shape index (κ1) is 19.2. The Bertz CT molecular complexity index is 127. The van der Waals surface area contributed by atoms with Crippen molar-refractivity contribution in [2.24, 2.45) is 0 Å². The van der Waals surface area contributed by atoms with E-state index in [4.69, 9.17) is 0 Å². The van der Waals surface area contributed by atoms with E-state index >= 15 is 0 Å². The highest BCUT2D eigenvalue weighted by atomic mass is 28.3. The first-order valence-electron chi connectivity index (χ1n) is 9.18. The summed E-state index contributed by atoms with van der Waals surface area (Å²) in [4.78, 5) is 0. The van der Waals surface area contributed by atoms with Gasteiger partial charge in [0.25, 0.3) is 0 Å². The third-order valence-corrected chi connectivity index (χ3v) is 7.33. The second-order valence-electron chi connectivity index (χ2n) is 6.18. The summed E-state index contributed by atoms with van der Waals surface area (Å²) in [6, 6.07) is 4.84. The molecule has 0 spiro atoms. The lowest BCUT2D eigenvalue weighted by Crippen LogP contribution is -2.11. The van der Waals surface area contributed by atoms with Gasteiger partial charge in [0, 0.05) is 8.80 Å². The lowest BCUT2D eigenvalue weighted by Gasteiger charge is -2.15. The predicted molar refractivity (Wildman–Crippen MR) is 92.6 cm³/mol. The monoisotopic (exact) mass is 283 g/mol. The Hall–Kier alpha value is 0.217. The summed E-state index contributed by atoms with van der Waals surface area (Å²) < 4.78 is 0. The minimum atomic E-state index is 0.0139. The summed E-state index contributed by atoms with van der Waals surface area (Å²) in [5.74, 6) is 0. The Morgan fingerprint density at radius 1 is 0.421 bits per heavy atom. The zero-order valence-corrected chi connectivity index (χ0v) is 15.1. The molecule has 0 aliphatic rings. The molecule has 0 bridgehead atoms. The summed E-state index contributed by atoms with van der Waals surface area (Å²) in [6.07, 6.45) is 17.6. The molecule has 0 heterocycles. The molecule has 19 heavy (non-hydrogen) atoms. The van der Waals surface area contributed by atoms with Gasteiger partial charge in [0.15, 0.2) is 0 Å². The Labute approximate surface area is 125 Å².